The molecule has 74 valence electrons. The van der Waals surface area contributed by atoms with Gasteiger partial charge in [0.2, 0.25) is 11.6 Å². The van der Waals surface area contributed by atoms with Crippen molar-refractivity contribution in [3.63, 3.8) is 0 Å². The maximum absolute atomic E-state index is 10.7. The largest absolute Gasteiger partial charge is 0.378 e. The van der Waals surface area contributed by atoms with Gasteiger partial charge < -0.3 is 10.6 Å². The highest BCUT2D eigenvalue weighted by molar-refractivity contribution is 5.68. The molecule has 1 aliphatic rings. The van der Waals surface area contributed by atoms with E-state index in [0.717, 1.165) is 19.5 Å². The minimum absolute atomic E-state index is 0.0769. The van der Waals surface area contributed by atoms with Crippen LogP contribution in [0.5, 0.6) is 0 Å². The summed E-state index contributed by atoms with van der Waals surface area (Å²) in [6.07, 6.45) is 2.27. The molecule has 0 saturated carbocycles. The predicted octanol–water partition coefficient (Wildman–Crippen LogP) is 0.177. The molecular formula is C7H9N5O2. The number of rotatable bonds is 2. The quantitative estimate of drug-likeness (QED) is 0.533. The summed E-state index contributed by atoms with van der Waals surface area (Å²) < 4.78 is 0. The summed E-state index contributed by atoms with van der Waals surface area (Å²) in [5, 5.41) is 10.7. The lowest BCUT2D eigenvalue weighted by molar-refractivity contribution is -0.383. The normalized spacial score (nSPS) is 15.0. The highest BCUT2D eigenvalue weighted by Crippen LogP contribution is 2.31. The first-order valence-corrected chi connectivity index (χ1v) is 4.20. The zero-order valence-corrected chi connectivity index (χ0v) is 7.38. The van der Waals surface area contributed by atoms with E-state index in [1.54, 1.807) is 0 Å². The Morgan fingerprint density at radius 3 is 2.71 bits per heavy atom. The molecule has 1 saturated heterocycles. The molecule has 2 rings (SSSR count). The van der Waals surface area contributed by atoms with E-state index in [9.17, 15) is 10.1 Å². The molecule has 2 heterocycles. The molecule has 1 aromatic heterocycles. The van der Waals surface area contributed by atoms with E-state index >= 15 is 0 Å². The lowest BCUT2D eigenvalue weighted by Gasteiger charge is -2.31. The maximum atomic E-state index is 10.7. The number of aromatic nitrogens is 2. The molecule has 14 heavy (non-hydrogen) atoms. The van der Waals surface area contributed by atoms with Crippen LogP contribution in [-0.2, 0) is 0 Å². The highest BCUT2D eigenvalue weighted by Gasteiger charge is 2.28. The Balaban J connectivity index is 2.46. The van der Waals surface area contributed by atoms with Gasteiger partial charge in [0.05, 0.1) is 4.92 Å². The highest BCUT2D eigenvalue weighted by atomic mass is 16.6. The standard InChI is InChI=1S/C7H9N5O2/c8-6-5(12(13)14)7(10-4-9-6)11-2-1-3-11/h4H,1-3H2,(H2,8,9,10). The molecule has 0 aliphatic carbocycles. The van der Waals surface area contributed by atoms with Gasteiger partial charge in [-0.3, -0.25) is 10.1 Å². The van der Waals surface area contributed by atoms with Crippen LogP contribution in [0, 0.1) is 10.1 Å². The van der Waals surface area contributed by atoms with Crippen molar-refractivity contribution in [2.45, 2.75) is 6.42 Å². The van der Waals surface area contributed by atoms with E-state index in [-0.39, 0.29) is 11.5 Å². The Bertz CT molecular complexity index is 376. The predicted molar refractivity (Wildman–Crippen MR) is 49.9 cm³/mol. The third-order valence-corrected chi connectivity index (χ3v) is 2.17. The van der Waals surface area contributed by atoms with Crippen molar-refractivity contribution in [1.82, 2.24) is 9.97 Å². The Morgan fingerprint density at radius 1 is 1.50 bits per heavy atom. The molecule has 0 aromatic carbocycles. The summed E-state index contributed by atoms with van der Waals surface area (Å²) in [5.41, 5.74) is 5.23. The maximum Gasteiger partial charge on any atom is 0.353 e. The monoisotopic (exact) mass is 195 g/mol. The van der Waals surface area contributed by atoms with Gasteiger partial charge in [-0.1, -0.05) is 0 Å². The lowest BCUT2D eigenvalue weighted by Crippen LogP contribution is -2.38. The first-order valence-electron chi connectivity index (χ1n) is 4.20. The molecule has 1 aliphatic heterocycles. The summed E-state index contributed by atoms with van der Waals surface area (Å²) >= 11 is 0. The molecule has 7 nitrogen and oxygen atoms in total. The number of anilines is 2. The Morgan fingerprint density at radius 2 is 2.21 bits per heavy atom. The summed E-state index contributed by atoms with van der Waals surface area (Å²) in [5.74, 6) is 0.251. The number of hydrogen-bond donors (Lipinski definition) is 1. The first-order chi connectivity index (χ1) is 6.70. The fraction of sp³-hybridized carbons (Fsp3) is 0.429. The van der Waals surface area contributed by atoms with E-state index in [1.165, 1.54) is 6.33 Å². The number of nitrogen functional groups attached to an aromatic ring is 1. The van der Waals surface area contributed by atoms with E-state index in [4.69, 9.17) is 5.73 Å². The van der Waals surface area contributed by atoms with Crippen LogP contribution < -0.4 is 10.6 Å². The van der Waals surface area contributed by atoms with Crippen LogP contribution in [0.15, 0.2) is 6.33 Å². The van der Waals surface area contributed by atoms with Crippen molar-refractivity contribution in [3.05, 3.63) is 16.4 Å². The fourth-order valence-corrected chi connectivity index (χ4v) is 1.32. The zero-order valence-electron chi connectivity index (χ0n) is 7.38. The van der Waals surface area contributed by atoms with E-state index in [0.29, 0.717) is 5.82 Å². The smallest absolute Gasteiger partial charge is 0.353 e. The zero-order chi connectivity index (χ0) is 10.1. The summed E-state index contributed by atoms with van der Waals surface area (Å²) in [7, 11) is 0. The molecule has 0 unspecified atom stereocenters. The molecule has 0 radical (unpaired) electrons. The van der Waals surface area contributed by atoms with Crippen LogP contribution in [0.4, 0.5) is 17.3 Å². The van der Waals surface area contributed by atoms with Crippen LogP contribution in [0.25, 0.3) is 0 Å². The third kappa shape index (κ3) is 1.22. The Kier molecular flexibility index (Phi) is 1.91. The molecular weight excluding hydrogens is 186 g/mol. The van der Waals surface area contributed by atoms with Gasteiger partial charge in [-0.05, 0) is 6.42 Å². The average molecular weight is 195 g/mol. The number of nitrogens with zero attached hydrogens (tertiary/aromatic N) is 4. The van der Waals surface area contributed by atoms with Crippen LogP contribution in [-0.4, -0.2) is 28.0 Å². The average Bonchev–Trinajstić information content (AvgIpc) is 1.99. The van der Waals surface area contributed by atoms with Crippen molar-refractivity contribution in [1.29, 1.82) is 0 Å². The second kappa shape index (κ2) is 3.09. The molecule has 1 aromatic rings. The second-order valence-electron chi connectivity index (χ2n) is 3.03. The fourth-order valence-electron chi connectivity index (χ4n) is 1.32. The van der Waals surface area contributed by atoms with Crippen LogP contribution in [0.2, 0.25) is 0 Å². The summed E-state index contributed by atoms with van der Waals surface area (Å²) in [6, 6.07) is 0. The van der Waals surface area contributed by atoms with Gasteiger partial charge in [-0.15, -0.1) is 0 Å². The number of nitrogens with two attached hydrogens (primary N) is 1. The molecule has 0 amide bonds. The van der Waals surface area contributed by atoms with Crippen LogP contribution >= 0.6 is 0 Å². The minimum Gasteiger partial charge on any atom is -0.378 e. The lowest BCUT2D eigenvalue weighted by atomic mass is 10.2. The molecule has 0 atom stereocenters. The third-order valence-electron chi connectivity index (χ3n) is 2.17. The number of hydrogen-bond acceptors (Lipinski definition) is 6. The minimum atomic E-state index is -0.539. The molecule has 0 bridgehead atoms. The van der Waals surface area contributed by atoms with Crippen molar-refractivity contribution in [2.24, 2.45) is 0 Å². The van der Waals surface area contributed by atoms with Gasteiger partial charge in [-0.2, -0.15) is 0 Å². The molecule has 1 fully saturated rings. The van der Waals surface area contributed by atoms with Gasteiger partial charge in [0.1, 0.15) is 6.33 Å². The van der Waals surface area contributed by atoms with Crippen molar-refractivity contribution < 1.29 is 4.92 Å². The van der Waals surface area contributed by atoms with Crippen molar-refractivity contribution in [3.8, 4) is 0 Å². The Hall–Kier alpha value is -1.92. The molecule has 7 heteroatoms. The van der Waals surface area contributed by atoms with E-state index in [2.05, 4.69) is 9.97 Å². The van der Waals surface area contributed by atoms with Gasteiger partial charge >= 0.3 is 5.69 Å². The van der Waals surface area contributed by atoms with Gasteiger partial charge in [0.25, 0.3) is 0 Å². The van der Waals surface area contributed by atoms with Gasteiger partial charge in [0.15, 0.2) is 0 Å². The second-order valence-corrected chi connectivity index (χ2v) is 3.03. The van der Waals surface area contributed by atoms with Gasteiger partial charge in [-0.25, -0.2) is 9.97 Å². The Labute approximate surface area is 79.7 Å². The summed E-state index contributed by atoms with van der Waals surface area (Å²) in [6.45, 7) is 1.58. The van der Waals surface area contributed by atoms with E-state index in [1.807, 2.05) is 4.90 Å². The summed E-state index contributed by atoms with van der Waals surface area (Å²) in [4.78, 5) is 19.5. The first kappa shape index (κ1) is 8.67. The van der Waals surface area contributed by atoms with Gasteiger partial charge in [0, 0.05) is 13.1 Å². The SMILES string of the molecule is Nc1ncnc(N2CCC2)c1[N+](=O)[O-]. The van der Waals surface area contributed by atoms with Crippen molar-refractivity contribution >= 4 is 17.3 Å². The molecule has 0 spiro atoms. The van der Waals surface area contributed by atoms with Crippen molar-refractivity contribution in [2.75, 3.05) is 23.7 Å². The topological polar surface area (TPSA) is 98.2 Å². The molecule has 2 N–H and O–H groups in total. The van der Waals surface area contributed by atoms with Crippen LogP contribution in [0.1, 0.15) is 6.42 Å². The number of nitro groups is 1. The van der Waals surface area contributed by atoms with E-state index < -0.39 is 4.92 Å². The van der Waals surface area contributed by atoms with Crippen LogP contribution in [0.3, 0.4) is 0 Å².